The van der Waals surface area contributed by atoms with Crippen molar-refractivity contribution in [2.24, 2.45) is 10.9 Å². The van der Waals surface area contributed by atoms with Crippen molar-refractivity contribution in [3.05, 3.63) is 0 Å². The summed E-state index contributed by atoms with van der Waals surface area (Å²) in [7, 11) is -3.07. The third kappa shape index (κ3) is 7.01. The van der Waals surface area contributed by atoms with Crippen LogP contribution in [-0.2, 0) is 22.8 Å². The van der Waals surface area contributed by atoms with Crippen LogP contribution in [0.15, 0.2) is 4.99 Å². The highest BCUT2D eigenvalue weighted by Gasteiger charge is 2.47. The molecular formula is C17H33NO8Si. The van der Waals surface area contributed by atoms with Crippen molar-refractivity contribution in [3.63, 3.8) is 0 Å². The van der Waals surface area contributed by atoms with Crippen LogP contribution in [0.4, 0.5) is 0 Å². The molecule has 1 saturated heterocycles. The molecule has 0 bridgehead atoms. The Labute approximate surface area is 161 Å². The number of hydrogen-bond acceptors (Lipinski definition) is 9. The number of carbonyl (C=O) groups excluding carboxylic acids is 1. The molecule has 10 heteroatoms. The van der Waals surface area contributed by atoms with Crippen LogP contribution in [0, 0.1) is 5.92 Å². The number of isocyanates is 1. The monoisotopic (exact) mass is 407 g/mol. The lowest BCUT2D eigenvalue weighted by Gasteiger charge is -2.43. The average molecular weight is 408 g/mol. The minimum Gasteiger partial charge on any atom is -0.388 e. The molecule has 0 spiro atoms. The zero-order chi connectivity index (χ0) is 20.4. The van der Waals surface area contributed by atoms with Gasteiger partial charge in [0.05, 0.1) is 19.3 Å². The summed E-state index contributed by atoms with van der Waals surface area (Å²) in [6, 6.07) is 0.446. The summed E-state index contributed by atoms with van der Waals surface area (Å²) < 4.78 is 23.4. The Morgan fingerprint density at radius 1 is 1.07 bits per heavy atom. The van der Waals surface area contributed by atoms with Crippen LogP contribution in [-0.4, -0.2) is 87.1 Å². The van der Waals surface area contributed by atoms with Crippen molar-refractivity contribution in [3.8, 4) is 0 Å². The van der Waals surface area contributed by atoms with Gasteiger partial charge < -0.3 is 33.3 Å². The van der Waals surface area contributed by atoms with Crippen LogP contribution in [0.25, 0.3) is 0 Å². The Balaban J connectivity index is 2.82. The van der Waals surface area contributed by atoms with E-state index in [9.17, 15) is 20.1 Å². The quantitative estimate of drug-likeness (QED) is 0.182. The van der Waals surface area contributed by atoms with Gasteiger partial charge in [-0.3, -0.25) is 0 Å². The summed E-state index contributed by atoms with van der Waals surface area (Å²) in [6.07, 6.45) is -3.19. The molecule has 5 atom stereocenters. The van der Waals surface area contributed by atoms with Crippen molar-refractivity contribution in [2.75, 3.05) is 26.4 Å². The molecule has 5 unspecified atom stereocenters. The predicted octanol–water partition coefficient (Wildman–Crippen LogP) is 0.247. The van der Waals surface area contributed by atoms with Gasteiger partial charge in [0.25, 0.3) is 0 Å². The predicted molar refractivity (Wildman–Crippen MR) is 98.9 cm³/mol. The molecule has 0 aliphatic carbocycles. The highest BCUT2D eigenvalue weighted by molar-refractivity contribution is 6.60. The summed E-state index contributed by atoms with van der Waals surface area (Å²) in [5.41, 5.74) is 0. The van der Waals surface area contributed by atoms with Crippen molar-refractivity contribution < 1.29 is 38.1 Å². The second kappa shape index (κ2) is 12.0. The molecule has 0 amide bonds. The second-order valence-corrected chi connectivity index (χ2v) is 9.52. The number of aliphatic hydroxyl groups excluding tert-OH is 3. The molecule has 27 heavy (non-hydrogen) atoms. The van der Waals surface area contributed by atoms with Gasteiger partial charge in [-0.2, -0.15) is 0 Å². The average Bonchev–Trinajstić information content (AvgIpc) is 2.63. The molecule has 0 aromatic carbocycles. The van der Waals surface area contributed by atoms with Crippen LogP contribution in [0.5, 0.6) is 0 Å². The lowest BCUT2D eigenvalue weighted by Crippen LogP contribution is -2.61. The van der Waals surface area contributed by atoms with Gasteiger partial charge in [0, 0.05) is 19.3 Å². The number of nitrogens with zero attached hydrogens (tertiary/aromatic N) is 1. The Morgan fingerprint density at radius 3 is 2.22 bits per heavy atom. The van der Waals surface area contributed by atoms with Crippen LogP contribution in [0.1, 0.15) is 34.1 Å². The van der Waals surface area contributed by atoms with Gasteiger partial charge in [-0.25, -0.2) is 9.79 Å². The fraction of sp³-hybridized carbons (Fsp3) is 0.941. The van der Waals surface area contributed by atoms with Crippen molar-refractivity contribution in [1.29, 1.82) is 0 Å². The number of rotatable bonds is 12. The Morgan fingerprint density at radius 2 is 1.70 bits per heavy atom. The Bertz CT molecular complexity index is 468. The third-order valence-electron chi connectivity index (χ3n) is 4.42. The maximum atomic E-state index is 10.3. The molecular weight excluding hydrogens is 374 g/mol. The van der Waals surface area contributed by atoms with Gasteiger partial charge in [0.15, 0.2) is 0 Å². The highest BCUT2D eigenvalue weighted by Crippen LogP contribution is 2.27. The molecule has 0 aromatic rings. The Kier molecular flexibility index (Phi) is 10.8. The Hall–Kier alpha value is -0.683. The summed E-state index contributed by atoms with van der Waals surface area (Å²) in [5, 5.41) is 30.5. The highest BCUT2D eigenvalue weighted by atomic mass is 28.4. The number of aliphatic hydroxyl groups is 3. The van der Waals surface area contributed by atoms with E-state index in [1.165, 1.54) is 6.08 Å². The number of hydrogen-bond donors (Lipinski definition) is 3. The molecule has 1 heterocycles. The molecule has 1 rings (SSSR count). The van der Waals surface area contributed by atoms with E-state index in [1.807, 2.05) is 27.7 Å². The van der Waals surface area contributed by atoms with E-state index in [2.05, 4.69) is 4.99 Å². The van der Waals surface area contributed by atoms with Gasteiger partial charge in [-0.15, -0.1) is 0 Å². The van der Waals surface area contributed by atoms with Crippen molar-refractivity contribution in [1.82, 2.24) is 0 Å². The van der Waals surface area contributed by atoms with Crippen LogP contribution in [0.3, 0.4) is 0 Å². The van der Waals surface area contributed by atoms with Gasteiger partial charge in [0.2, 0.25) is 6.08 Å². The molecule has 1 aliphatic rings. The van der Waals surface area contributed by atoms with Gasteiger partial charge in [0.1, 0.15) is 24.4 Å². The van der Waals surface area contributed by atoms with Crippen molar-refractivity contribution in [2.45, 2.75) is 70.7 Å². The molecule has 1 fully saturated rings. The third-order valence-corrected chi connectivity index (χ3v) is 7.45. The second-order valence-electron chi connectivity index (χ2n) is 6.79. The van der Waals surface area contributed by atoms with E-state index in [1.54, 1.807) is 0 Å². The summed E-state index contributed by atoms with van der Waals surface area (Å²) in [5.74, 6) is -0.0494. The zero-order valence-electron chi connectivity index (χ0n) is 16.5. The minimum absolute atomic E-state index is 0.0443. The summed E-state index contributed by atoms with van der Waals surface area (Å²) in [4.78, 5) is 13.8. The first-order valence-electron chi connectivity index (χ1n) is 9.47. The van der Waals surface area contributed by atoms with Gasteiger partial charge in [-0.1, -0.05) is 13.8 Å². The van der Waals surface area contributed by atoms with Crippen molar-refractivity contribution >= 4 is 14.9 Å². The van der Waals surface area contributed by atoms with Gasteiger partial charge >= 0.3 is 8.80 Å². The standard InChI is InChI=1S/C17H33NO8Si/c1-5-23-27(24-6-2,9-7-8-18-11-19)25-10-13-14(20)15(21)16(22)17(26-13)12(3)4/h12-17,20-22H,5-10H2,1-4H3. The number of aliphatic imine (C=N–C) groups is 1. The molecule has 158 valence electrons. The fourth-order valence-electron chi connectivity index (χ4n) is 3.08. The lowest BCUT2D eigenvalue weighted by molar-refractivity contribution is -0.238. The fourth-order valence-corrected chi connectivity index (χ4v) is 5.65. The van der Waals surface area contributed by atoms with Crippen LogP contribution < -0.4 is 0 Å². The lowest BCUT2D eigenvalue weighted by atomic mass is 9.89. The molecule has 3 N–H and O–H groups in total. The van der Waals surface area contributed by atoms with E-state index < -0.39 is 39.3 Å². The SMILES string of the molecule is CCO[Si](CCCN=C=O)(OCC)OCC1OC(C(C)C)C(O)C(O)C1O. The first-order chi connectivity index (χ1) is 12.8. The molecule has 0 saturated carbocycles. The topological polar surface area (TPSA) is 127 Å². The van der Waals surface area contributed by atoms with E-state index in [-0.39, 0.29) is 12.5 Å². The van der Waals surface area contributed by atoms with E-state index in [0.29, 0.717) is 32.2 Å². The first-order valence-corrected chi connectivity index (χ1v) is 11.4. The smallest absolute Gasteiger partial charge is 0.388 e. The van der Waals surface area contributed by atoms with E-state index >= 15 is 0 Å². The first kappa shape index (κ1) is 24.4. The summed E-state index contributed by atoms with van der Waals surface area (Å²) in [6.45, 7) is 8.40. The number of ether oxygens (including phenoxy) is 1. The molecule has 9 nitrogen and oxygen atoms in total. The maximum Gasteiger partial charge on any atom is 0.501 e. The zero-order valence-corrected chi connectivity index (χ0v) is 17.5. The molecule has 0 radical (unpaired) electrons. The van der Waals surface area contributed by atoms with Gasteiger partial charge in [-0.05, 0) is 26.2 Å². The van der Waals surface area contributed by atoms with E-state index in [0.717, 1.165) is 0 Å². The minimum atomic E-state index is -3.07. The van der Waals surface area contributed by atoms with E-state index in [4.69, 9.17) is 18.0 Å². The maximum absolute atomic E-state index is 10.3. The summed E-state index contributed by atoms with van der Waals surface area (Å²) >= 11 is 0. The molecule has 1 aliphatic heterocycles. The molecule has 0 aromatic heterocycles. The van der Waals surface area contributed by atoms with Crippen LogP contribution in [0.2, 0.25) is 6.04 Å². The van der Waals surface area contributed by atoms with Crippen LogP contribution >= 0.6 is 0 Å². The largest absolute Gasteiger partial charge is 0.501 e. The normalized spacial score (nSPS) is 29.0.